The maximum atomic E-state index is 13.4. The molecule has 2 aliphatic rings. The predicted octanol–water partition coefficient (Wildman–Crippen LogP) is 3.80. The Kier molecular flexibility index (Phi) is 8.12. The number of urea groups is 1. The normalized spacial score (nSPS) is 22.5. The van der Waals surface area contributed by atoms with E-state index < -0.39 is 11.9 Å². The summed E-state index contributed by atoms with van der Waals surface area (Å²) in [6, 6.07) is 5.72. The van der Waals surface area contributed by atoms with E-state index in [1.165, 1.54) is 19.1 Å². The van der Waals surface area contributed by atoms with Gasteiger partial charge in [0, 0.05) is 32.7 Å². The van der Waals surface area contributed by atoms with Gasteiger partial charge in [0.05, 0.1) is 23.1 Å². The summed E-state index contributed by atoms with van der Waals surface area (Å²) in [5.74, 6) is -0.519. The Morgan fingerprint density at radius 3 is 2.71 bits per heavy atom. The number of halogens is 1. The minimum atomic E-state index is -0.468. The first-order chi connectivity index (χ1) is 16.8. The molecule has 2 aliphatic heterocycles. The van der Waals surface area contributed by atoms with Gasteiger partial charge >= 0.3 is 6.03 Å². The fraction of sp³-hybridized carbons (Fsp3) is 0.520. The van der Waals surface area contributed by atoms with Crippen LogP contribution in [0.25, 0.3) is 0 Å². The summed E-state index contributed by atoms with van der Waals surface area (Å²) in [4.78, 5) is 44.4. The number of ether oxygens (including phenoxy) is 1. The molecule has 0 aliphatic carbocycles. The number of likely N-dealkylation sites (tertiary alicyclic amines) is 1. The van der Waals surface area contributed by atoms with Crippen LogP contribution in [0.4, 0.5) is 14.3 Å². The van der Waals surface area contributed by atoms with Crippen LogP contribution in [-0.4, -0.2) is 60.0 Å². The third-order valence-electron chi connectivity index (χ3n) is 6.60. The van der Waals surface area contributed by atoms with Gasteiger partial charge in [-0.3, -0.25) is 14.9 Å². The second kappa shape index (κ2) is 11.3. The number of carbonyl (C=O) groups is 3. The number of amides is 3. The Labute approximate surface area is 208 Å². The van der Waals surface area contributed by atoms with Crippen LogP contribution in [-0.2, 0) is 16.0 Å². The van der Waals surface area contributed by atoms with Crippen LogP contribution in [0.3, 0.4) is 0 Å². The van der Waals surface area contributed by atoms with Crippen LogP contribution in [0.5, 0.6) is 0 Å². The highest BCUT2D eigenvalue weighted by Gasteiger charge is 2.37. The first kappa shape index (κ1) is 25.2. The Hall–Kier alpha value is -2.85. The average molecular weight is 503 g/mol. The van der Waals surface area contributed by atoms with Gasteiger partial charge in [-0.2, -0.15) is 0 Å². The molecule has 3 unspecified atom stereocenters. The van der Waals surface area contributed by atoms with Crippen molar-refractivity contribution in [2.75, 3.05) is 31.6 Å². The van der Waals surface area contributed by atoms with Crippen molar-refractivity contribution in [1.82, 2.24) is 15.2 Å². The second-order valence-electron chi connectivity index (χ2n) is 9.29. The standard InChI is InChI=1S/C25H31FN4O4S/c1-15-22(16(2)31)35-25(27-15)29-24(33)28-21-9-11-34-14-20(21)23(32)30-10-3-4-18(13-30)12-17-5-7-19(26)8-6-17/h5-8,18,20-21H,3-4,9-14H2,1-2H3,(H2,27,28,29,33). The Morgan fingerprint density at radius 2 is 2.00 bits per heavy atom. The molecule has 0 bridgehead atoms. The highest BCUT2D eigenvalue weighted by Crippen LogP contribution is 2.26. The van der Waals surface area contributed by atoms with Crippen molar-refractivity contribution in [3.8, 4) is 0 Å². The molecular weight excluding hydrogens is 471 g/mol. The van der Waals surface area contributed by atoms with E-state index >= 15 is 0 Å². The maximum absolute atomic E-state index is 13.4. The van der Waals surface area contributed by atoms with Crippen molar-refractivity contribution < 1.29 is 23.5 Å². The van der Waals surface area contributed by atoms with Crippen LogP contribution < -0.4 is 10.6 Å². The zero-order chi connectivity index (χ0) is 24.9. The van der Waals surface area contributed by atoms with E-state index in [0.717, 1.165) is 36.2 Å². The van der Waals surface area contributed by atoms with Gasteiger partial charge in [-0.25, -0.2) is 14.2 Å². The minimum absolute atomic E-state index is 0.0113. The minimum Gasteiger partial charge on any atom is -0.380 e. The van der Waals surface area contributed by atoms with E-state index in [1.807, 2.05) is 4.90 Å². The Morgan fingerprint density at radius 1 is 1.23 bits per heavy atom. The molecule has 2 N–H and O–H groups in total. The molecule has 35 heavy (non-hydrogen) atoms. The highest BCUT2D eigenvalue weighted by molar-refractivity contribution is 7.17. The number of aryl methyl sites for hydroxylation is 1. The van der Waals surface area contributed by atoms with Crippen molar-refractivity contribution in [2.45, 2.75) is 45.6 Å². The maximum Gasteiger partial charge on any atom is 0.321 e. The van der Waals surface area contributed by atoms with Gasteiger partial charge in [0.25, 0.3) is 0 Å². The molecule has 4 rings (SSSR count). The SMILES string of the molecule is CC(=O)c1sc(NC(=O)NC2CCOCC2C(=O)N2CCCC(Cc3ccc(F)cc3)C2)nc1C. The summed E-state index contributed by atoms with van der Waals surface area (Å²) < 4.78 is 18.8. The number of hydrogen-bond donors (Lipinski definition) is 2. The number of rotatable bonds is 6. The smallest absolute Gasteiger partial charge is 0.321 e. The summed E-state index contributed by atoms with van der Waals surface area (Å²) in [7, 11) is 0. The molecule has 3 heterocycles. The van der Waals surface area contributed by atoms with E-state index in [0.29, 0.717) is 47.7 Å². The van der Waals surface area contributed by atoms with Gasteiger partial charge in [-0.15, -0.1) is 0 Å². The fourth-order valence-electron chi connectivity index (χ4n) is 4.85. The average Bonchev–Trinajstić information content (AvgIpc) is 3.20. The summed E-state index contributed by atoms with van der Waals surface area (Å²) >= 11 is 1.14. The first-order valence-corrected chi connectivity index (χ1v) is 12.8. The van der Waals surface area contributed by atoms with Crippen LogP contribution in [0, 0.1) is 24.6 Å². The summed E-state index contributed by atoms with van der Waals surface area (Å²) in [6.07, 6.45) is 3.25. The quantitative estimate of drug-likeness (QED) is 0.586. The summed E-state index contributed by atoms with van der Waals surface area (Å²) in [5, 5.41) is 5.96. The monoisotopic (exact) mass is 502 g/mol. The van der Waals surface area contributed by atoms with Gasteiger partial charge in [0.1, 0.15) is 5.82 Å². The molecule has 10 heteroatoms. The number of aromatic nitrogens is 1. The number of ketones is 1. The van der Waals surface area contributed by atoms with Crippen molar-refractivity contribution in [1.29, 1.82) is 0 Å². The Bertz CT molecular complexity index is 1070. The fourth-order valence-corrected chi connectivity index (χ4v) is 5.71. The van der Waals surface area contributed by atoms with E-state index in [9.17, 15) is 18.8 Å². The van der Waals surface area contributed by atoms with Gasteiger partial charge in [0.15, 0.2) is 10.9 Å². The zero-order valence-corrected chi connectivity index (χ0v) is 20.8. The molecule has 0 radical (unpaired) electrons. The third-order valence-corrected chi connectivity index (χ3v) is 7.77. The van der Waals surface area contributed by atoms with E-state index in [2.05, 4.69) is 15.6 Å². The summed E-state index contributed by atoms with van der Waals surface area (Å²) in [5.41, 5.74) is 1.64. The van der Waals surface area contributed by atoms with Gasteiger partial charge < -0.3 is 15.0 Å². The second-order valence-corrected chi connectivity index (χ2v) is 10.3. The molecule has 8 nitrogen and oxygen atoms in total. The van der Waals surface area contributed by atoms with E-state index in [1.54, 1.807) is 19.1 Å². The molecule has 1 aromatic heterocycles. The lowest BCUT2D eigenvalue weighted by Gasteiger charge is -2.38. The molecule has 2 saturated heterocycles. The lowest BCUT2D eigenvalue weighted by Crippen LogP contribution is -2.54. The van der Waals surface area contributed by atoms with Crippen molar-refractivity contribution in [3.63, 3.8) is 0 Å². The summed E-state index contributed by atoms with van der Waals surface area (Å²) in [6.45, 7) is 5.23. The van der Waals surface area contributed by atoms with Crippen molar-refractivity contribution >= 4 is 34.2 Å². The molecular formula is C25H31FN4O4S. The zero-order valence-electron chi connectivity index (χ0n) is 20.0. The largest absolute Gasteiger partial charge is 0.380 e. The topological polar surface area (TPSA) is 101 Å². The van der Waals surface area contributed by atoms with Gasteiger partial charge in [0.2, 0.25) is 5.91 Å². The first-order valence-electron chi connectivity index (χ1n) is 12.0. The van der Waals surface area contributed by atoms with Crippen LogP contribution >= 0.6 is 11.3 Å². The van der Waals surface area contributed by atoms with Crippen LogP contribution in [0.2, 0.25) is 0 Å². The van der Waals surface area contributed by atoms with Gasteiger partial charge in [-0.1, -0.05) is 23.5 Å². The lowest BCUT2D eigenvalue weighted by molar-refractivity contribution is -0.142. The van der Waals surface area contributed by atoms with Crippen LogP contribution in [0.15, 0.2) is 24.3 Å². The van der Waals surface area contributed by atoms with Crippen molar-refractivity contribution in [2.24, 2.45) is 11.8 Å². The number of anilines is 1. The molecule has 3 atom stereocenters. The lowest BCUT2D eigenvalue weighted by atomic mass is 9.89. The van der Waals surface area contributed by atoms with Gasteiger partial charge in [-0.05, 0) is 56.2 Å². The molecule has 3 amide bonds. The number of carbonyl (C=O) groups excluding carboxylic acids is 3. The van der Waals surface area contributed by atoms with Crippen molar-refractivity contribution in [3.05, 3.63) is 46.2 Å². The Balaban J connectivity index is 1.36. The number of nitrogens with zero attached hydrogens (tertiary/aromatic N) is 2. The molecule has 1 aromatic carbocycles. The highest BCUT2D eigenvalue weighted by atomic mass is 32.1. The van der Waals surface area contributed by atoms with Crippen LogP contribution in [0.1, 0.15) is 47.1 Å². The molecule has 2 aromatic rings. The van der Waals surface area contributed by atoms with E-state index in [-0.39, 0.29) is 30.2 Å². The van der Waals surface area contributed by atoms with E-state index in [4.69, 9.17) is 4.74 Å². The number of thiazole rings is 1. The number of benzene rings is 1. The number of piperidine rings is 1. The predicted molar refractivity (Wildman–Crippen MR) is 131 cm³/mol. The molecule has 0 saturated carbocycles. The molecule has 0 spiro atoms. The number of nitrogens with one attached hydrogen (secondary N) is 2. The molecule has 2 fully saturated rings. The third kappa shape index (κ3) is 6.43. The molecule has 188 valence electrons. The number of Topliss-reactive ketones (excluding diaryl/α,β-unsaturated/α-hetero) is 1. The number of hydrogen-bond acceptors (Lipinski definition) is 6.